The lowest BCUT2D eigenvalue weighted by Crippen LogP contribution is -2.61. The third-order valence-corrected chi connectivity index (χ3v) is 3.22. The monoisotopic (exact) mass is 414 g/mol. The third-order valence-electron chi connectivity index (χ3n) is 3.22. The summed E-state index contributed by atoms with van der Waals surface area (Å²) in [4.78, 5) is 0. The molecule has 0 aliphatic rings. The van der Waals surface area contributed by atoms with Gasteiger partial charge in [-0.3, -0.25) is 0 Å². The summed E-state index contributed by atoms with van der Waals surface area (Å²) in [6.45, 7) is 12.3. The van der Waals surface area contributed by atoms with E-state index in [0.717, 1.165) is 0 Å². The quantitative estimate of drug-likeness (QED) is 0.684. The standard InChI is InChI=1S/C9H22N2.2HI/c1-7(2,8(3,4)10)9(5,6)11;;/h10-11H2,1-6H3;2*1H. The maximum Gasteiger partial charge on any atom is 0.0166 e. The number of hydrogen-bond acceptors (Lipinski definition) is 2. The van der Waals surface area contributed by atoms with Crippen molar-refractivity contribution < 1.29 is 0 Å². The maximum atomic E-state index is 6.02. The van der Waals surface area contributed by atoms with Gasteiger partial charge in [0, 0.05) is 11.1 Å². The second kappa shape index (κ2) is 5.46. The molecular weight excluding hydrogens is 390 g/mol. The Morgan fingerprint density at radius 1 is 0.615 bits per heavy atom. The first-order chi connectivity index (χ1) is 4.50. The molecule has 0 fully saturated rings. The minimum absolute atomic E-state index is 0. The fourth-order valence-corrected chi connectivity index (χ4v) is 0.830. The summed E-state index contributed by atoms with van der Waals surface area (Å²) in [5.74, 6) is 0. The van der Waals surface area contributed by atoms with Gasteiger partial charge < -0.3 is 11.5 Å². The van der Waals surface area contributed by atoms with Gasteiger partial charge >= 0.3 is 0 Å². The van der Waals surface area contributed by atoms with Crippen LogP contribution in [0.3, 0.4) is 0 Å². The molecule has 0 aromatic heterocycles. The second-order valence-electron chi connectivity index (χ2n) is 5.07. The predicted octanol–water partition coefficient (Wildman–Crippen LogP) is 2.72. The lowest BCUT2D eigenvalue weighted by Gasteiger charge is -2.48. The Morgan fingerprint density at radius 2 is 0.769 bits per heavy atom. The average Bonchev–Trinajstić information content (AvgIpc) is 1.58. The van der Waals surface area contributed by atoms with Gasteiger partial charge in [-0.15, -0.1) is 48.0 Å². The smallest absolute Gasteiger partial charge is 0.0166 e. The molecule has 4 heteroatoms. The first kappa shape index (κ1) is 19.9. The normalized spacial score (nSPS) is 12.9. The van der Waals surface area contributed by atoms with E-state index in [1.165, 1.54) is 0 Å². The molecule has 0 heterocycles. The Bertz CT molecular complexity index is 127. The summed E-state index contributed by atoms with van der Waals surface area (Å²) >= 11 is 0. The summed E-state index contributed by atoms with van der Waals surface area (Å²) in [7, 11) is 0. The summed E-state index contributed by atoms with van der Waals surface area (Å²) in [5, 5.41) is 0. The maximum absolute atomic E-state index is 6.02. The Hall–Kier alpha value is 1.38. The van der Waals surface area contributed by atoms with Crippen LogP contribution < -0.4 is 11.5 Å². The van der Waals surface area contributed by atoms with Gasteiger partial charge in [0.05, 0.1) is 0 Å². The first-order valence-electron chi connectivity index (χ1n) is 4.08. The van der Waals surface area contributed by atoms with Crippen molar-refractivity contribution in [3.8, 4) is 0 Å². The molecule has 0 saturated heterocycles. The van der Waals surface area contributed by atoms with Crippen LogP contribution in [0.15, 0.2) is 0 Å². The number of nitrogens with two attached hydrogens (primary N) is 2. The lowest BCUT2D eigenvalue weighted by atomic mass is 9.64. The number of hydrogen-bond donors (Lipinski definition) is 2. The highest BCUT2D eigenvalue weighted by atomic mass is 127. The molecule has 84 valence electrons. The van der Waals surface area contributed by atoms with Crippen LogP contribution in [0.5, 0.6) is 0 Å². The van der Waals surface area contributed by atoms with Crippen LogP contribution in [0.25, 0.3) is 0 Å². The van der Waals surface area contributed by atoms with Crippen molar-refractivity contribution in [2.45, 2.75) is 52.6 Å². The van der Waals surface area contributed by atoms with Crippen molar-refractivity contribution in [1.82, 2.24) is 0 Å². The highest BCUT2D eigenvalue weighted by Gasteiger charge is 2.43. The molecule has 0 aliphatic carbocycles. The topological polar surface area (TPSA) is 52.0 Å². The van der Waals surface area contributed by atoms with Crippen LogP contribution in [0, 0.1) is 5.41 Å². The molecule has 0 spiro atoms. The van der Waals surface area contributed by atoms with E-state index in [9.17, 15) is 0 Å². The van der Waals surface area contributed by atoms with Gasteiger partial charge in [0.25, 0.3) is 0 Å². The van der Waals surface area contributed by atoms with Gasteiger partial charge in [-0.1, -0.05) is 13.8 Å². The molecule has 4 N–H and O–H groups in total. The van der Waals surface area contributed by atoms with Crippen LogP contribution in [0.1, 0.15) is 41.5 Å². The van der Waals surface area contributed by atoms with E-state index in [0.29, 0.717) is 0 Å². The Labute approximate surface area is 117 Å². The molecule has 0 atom stereocenters. The molecule has 0 aromatic rings. The van der Waals surface area contributed by atoms with Crippen LogP contribution in [0.4, 0.5) is 0 Å². The van der Waals surface area contributed by atoms with Gasteiger partial charge in [-0.2, -0.15) is 0 Å². The molecule has 0 aliphatic heterocycles. The highest BCUT2D eigenvalue weighted by Crippen LogP contribution is 2.37. The van der Waals surface area contributed by atoms with Crippen molar-refractivity contribution in [3.05, 3.63) is 0 Å². The van der Waals surface area contributed by atoms with E-state index >= 15 is 0 Å². The zero-order valence-electron chi connectivity index (χ0n) is 9.47. The fraction of sp³-hybridized carbons (Fsp3) is 1.00. The molecule has 0 aromatic carbocycles. The van der Waals surface area contributed by atoms with Gasteiger partial charge in [0.1, 0.15) is 0 Å². The van der Waals surface area contributed by atoms with Crippen molar-refractivity contribution in [2.75, 3.05) is 0 Å². The minimum atomic E-state index is -0.245. The fourth-order valence-electron chi connectivity index (χ4n) is 0.830. The van der Waals surface area contributed by atoms with E-state index in [2.05, 4.69) is 13.8 Å². The first-order valence-corrected chi connectivity index (χ1v) is 4.08. The Morgan fingerprint density at radius 3 is 0.769 bits per heavy atom. The zero-order chi connectivity index (χ0) is 9.50. The van der Waals surface area contributed by atoms with E-state index in [-0.39, 0.29) is 64.4 Å². The van der Waals surface area contributed by atoms with Crippen molar-refractivity contribution >= 4 is 48.0 Å². The third kappa shape index (κ3) is 4.61. The van der Waals surface area contributed by atoms with Gasteiger partial charge in [-0.05, 0) is 33.1 Å². The lowest BCUT2D eigenvalue weighted by molar-refractivity contribution is 0.103. The Balaban J connectivity index is -0.000000500. The van der Waals surface area contributed by atoms with Crippen LogP contribution in [-0.4, -0.2) is 11.1 Å². The summed E-state index contributed by atoms with van der Waals surface area (Å²) < 4.78 is 0. The van der Waals surface area contributed by atoms with Crippen molar-refractivity contribution in [1.29, 1.82) is 0 Å². The van der Waals surface area contributed by atoms with Gasteiger partial charge in [0.15, 0.2) is 0 Å². The number of rotatable bonds is 2. The second-order valence-corrected chi connectivity index (χ2v) is 5.07. The van der Waals surface area contributed by atoms with Crippen LogP contribution in [-0.2, 0) is 0 Å². The Kier molecular flexibility index (Phi) is 8.35. The predicted molar refractivity (Wildman–Crippen MR) is 81.1 cm³/mol. The molecule has 0 saturated carbocycles. The molecular formula is C9H24I2N2. The van der Waals surface area contributed by atoms with E-state index in [1.807, 2.05) is 27.7 Å². The van der Waals surface area contributed by atoms with Gasteiger partial charge in [0.2, 0.25) is 0 Å². The van der Waals surface area contributed by atoms with E-state index in [4.69, 9.17) is 11.5 Å². The summed E-state index contributed by atoms with van der Waals surface area (Å²) in [6.07, 6.45) is 0. The van der Waals surface area contributed by atoms with Crippen LogP contribution in [0.2, 0.25) is 0 Å². The SMILES string of the molecule is CC(C)(N)C(C)(C)C(C)(C)N.I.I. The molecule has 0 bridgehead atoms. The molecule has 0 amide bonds. The average molecular weight is 414 g/mol. The molecule has 0 unspecified atom stereocenters. The van der Waals surface area contributed by atoms with Crippen LogP contribution >= 0.6 is 48.0 Å². The van der Waals surface area contributed by atoms with Gasteiger partial charge in [-0.25, -0.2) is 0 Å². The highest BCUT2D eigenvalue weighted by molar-refractivity contribution is 14.0. The van der Waals surface area contributed by atoms with E-state index < -0.39 is 0 Å². The molecule has 13 heavy (non-hydrogen) atoms. The number of halogens is 2. The molecule has 2 nitrogen and oxygen atoms in total. The molecule has 0 radical (unpaired) electrons. The minimum Gasteiger partial charge on any atom is -0.325 e. The largest absolute Gasteiger partial charge is 0.325 e. The summed E-state index contributed by atoms with van der Waals surface area (Å²) in [5.41, 5.74) is 11.5. The molecule has 0 rings (SSSR count). The van der Waals surface area contributed by atoms with E-state index in [1.54, 1.807) is 0 Å². The van der Waals surface area contributed by atoms with Crippen molar-refractivity contribution in [3.63, 3.8) is 0 Å². The summed E-state index contributed by atoms with van der Waals surface area (Å²) in [6, 6.07) is 0. The zero-order valence-corrected chi connectivity index (χ0v) is 14.1. The van der Waals surface area contributed by atoms with Crippen molar-refractivity contribution in [2.24, 2.45) is 16.9 Å².